The van der Waals surface area contributed by atoms with Crippen molar-refractivity contribution in [2.24, 2.45) is 4.99 Å². The van der Waals surface area contributed by atoms with E-state index in [0.717, 1.165) is 16.8 Å². The first-order valence-electron chi connectivity index (χ1n) is 8.08. The first-order valence-corrected chi connectivity index (χ1v) is 9.56. The van der Waals surface area contributed by atoms with E-state index in [1.807, 2.05) is 61.5 Å². The Morgan fingerprint density at radius 1 is 0.808 bits per heavy atom. The van der Waals surface area contributed by atoms with Gasteiger partial charge in [0.05, 0.1) is 10.6 Å². The number of aliphatic imine (C=N–C) groups is 1. The molecule has 0 aliphatic carbocycles. The number of para-hydroxylation sites is 1. The fraction of sp³-hybridized carbons (Fsp3) is 0.0500. The van der Waals surface area contributed by atoms with Crippen molar-refractivity contribution in [3.05, 3.63) is 96.1 Å². The van der Waals surface area contributed by atoms with Crippen molar-refractivity contribution in [2.45, 2.75) is 11.8 Å². The van der Waals surface area contributed by atoms with Gasteiger partial charge in [0.2, 0.25) is 0 Å². The maximum absolute atomic E-state index is 12.4. The zero-order valence-corrected chi connectivity index (χ0v) is 15.1. The minimum atomic E-state index is -3.71. The molecule has 0 radical (unpaired) electrons. The number of benzene rings is 3. The predicted molar refractivity (Wildman–Crippen MR) is 104 cm³/mol. The second-order valence-corrected chi connectivity index (χ2v) is 7.39. The van der Waals surface area contributed by atoms with Crippen LogP contribution in [0.1, 0.15) is 11.1 Å². The van der Waals surface area contributed by atoms with Crippen molar-refractivity contribution in [1.29, 1.82) is 0 Å². The number of nitrogens with one attached hydrogen (secondary N) is 2. The molecule has 0 aliphatic heterocycles. The number of aryl methyl sites for hydroxylation is 1. The topological polar surface area (TPSA) is 70.6 Å². The first-order chi connectivity index (χ1) is 12.5. The minimum Gasteiger partial charge on any atom is -0.291 e. The Morgan fingerprint density at radius 2 is 1.38 bits per heavy atom. The Kier molecular flexibility index (Phi) is 5.46. The molecule has 0 fully saturated rings. The molecule has 6 heteroatoms. The molecule has 0 unspecified atom stereocenters. The van der Waals surface area contributed by atoms with Gasteiger partial charge in [-0.25, -0.2) is 13.4 Å². The van der Waals surface area contributed by atoms with Gasteiger partial charge in [-0.15, -0.1) is 4.83 Å². The van der Waals surface area contributed by atoms with Gasteiger partial charge in [0.15, 0.2) is 0 Å². The van der Waals surface area contributed by atoms with Crippen LogP contribution in [0, 0.1) is 6.92 Å². The largest absolute Gasteiger partial charge is 0.291 e. The molecule has 3 aromatic rings. The van der Waals surface area contributed by atoms with Gasteiger partial charge < -0.3 is 0 Å². The fourth-order valence-electron chi connectivity index (χ4n) is 2.28. The first kappa shape index (κ1) is 17.8. The highest BCUT2D eigenvalue weighted by Gasteiger charge is 2.14. The maximum Gasteiger partial charge on any atom is 0.257 e. The standard InChI is InChI=1S/C20H19N3O2S/c1-16-12-14-17(15-13-16)20(21-18-8-4-2-5-9-18)22-23-26(24,25)19-10-6-3-7-11-19/h2-15,23H,1H3,(H,21,22). The van der Waals surface area contributed by atoms with Gasteiger partial charge in [-0.1, -0.05) is 66.2 Å². The lowest BCUT2D eigenvalue weighted by atomic mass is 10.1. The molecule has 0 bridgehead atoms. The van der Waals surface area contributed by atoms with E-state index in [0.29, 0.717) is 5.84 Å². The van der Waals surface area contributed by atoms with Crippen LogP contribution in [-0.4, -0.2) is 14.3 Å². The van der Waals surface area contributed by atoms with Crippen LogP contribution in [-0.2, 0) is 10.0 Å². The predicted octanol–water partition coefficient (Wildman–Crippen LogP) is 3.56. The molecular formula is C20H19N3O2S. The lowest BCUT2D eigenvalue weighted by Gasteiger charge is -2.12. The van der Waals surface area contributed by atoms with Crippen LogP contribution < -0.4 is 10.3 Å². The van der Waals surface area contributed by atoms with E-state index in [2.05, 4.69) is 15.2 Å². The van der Waals surface area contributed by atoms with Crippen molar-refractivity contribution in [3.8, 4) is 0 Å². The molecule has 0 saturated carbocycles. The van der Waals surface area contributed by atoms with Crippen molar-refractivity contribution < 1.29 is 8.42 Å². The summed E-state index contributed by atoms with van der Waals surface area (Å²) in [5.74, 6) is 0.413. The lowest BCUT2D eigenvalue weighted by Crippen LogP contribution is -2.41. The number of sulfonamides is 1. The van der Waals surface area contributed by atoms with Crippen LogP contribution in [0.15, 0.2) is 94.8 Å². The number of hydrazine groups is 1. The van der Waals surface area contributed by atoms with E-state index >= 15 is 0 Å². The molecule has 5 nitrogen and oxygen atoms in total. The molecule has 0 aliphatic rings. The summed E-state index contributed by atoms with van der Waals surface area (Å²) in [6, 6.07) is 25.2. The van der Waals surface area contributed by atoms with E-state index in [4.69, 9.17) is 0 Å². The number of nitrogens with zero attached hydrogens (tertiary/aromatic N) is 1. The quantitative estimate of drug-likeness (QED) is 0.413. The third kappa shape index (κ3) is 4.56. The lowest BCUT2D eigenvalue weighted by molar-refractivity contribution is 0.577. The van der Waals surface area contributed by atoms with E-state index in [9.17, 15) is 8.42 Å². The zero-order valence-electron chi connectivity index (χ0n) is 14.3. The van der Waals surface area contributed by atoms with Crippen molar-refractivity contribution in [1.82, 2.24) is 10.3 Å². The van der Waals surface area contributed by atoms with Crippen LogP contribution in [0.2, 0.25) is 0 Å². The maximum atomic E-state index is 12.4. The molecular weight excluding hydrogens is 346 g/mol. The summed E-state index contributed by atoms with van der Waals surface area (Å²) in [6.07, 6.45) is 0. The smallest absolute Gasteiger partial charge is 0.257 e. The van der Waals surface area contributed by atoms with Crippen LogP contribution >= 0.6 is 0 Å². The van der Waals surface area contributed by atoms with E-state index in [1.54, 1.807) is 18.2 Å². The molecule has 26 heavy (non-hydrogen) atoms. The molecule has 132 valence electrons. The monoisotopic (exact) mass is 365 g/mol. The second kappa shape index (κ2) is 7.95. The van der Waals surface area contributed by atoms with Crippen molar-refractivity contribution >= 4 is 21.5 Å². The van der Waals surface area contributed by atoms with Gasteiger partial charge in [-0.2, -0.15) is 0 Å². The molecule has 3 rings (SSSR count). The molecule has 0 spiro atoms. The molecule has 0 aromatic heterocycles. The summed E-state index contributed by atoms with van der Waals surface area (Å²) in [5, 5.41) is 0. The van der Waals surface area contributed by atoms with Gasteiger partial charge in [0.1, 0.15) is 5.84 Å². The minimum absolute atomic E-state index is 0.176. The molecule has 3 aromatic carbocycles. The van der Waals surface area contributed by atoms with Gasteiger partial charge >= 0.3 is 0 Å². The van der Waals surface area contributed by atoms with Crippen LogP contribution in [0.5, 0.6) is 0 Å². The molecule has 0 atom stereocenters. The average Bonchev–Trinajstić information content (AvgIpc) is 2.67. The highest BCUT2D eigenvalue weighted by Crippen LogP contribution is 2.13. The number of rotatable bonds is 5. The Labute approximate surface area is 153 Å². The van der Waals surface area contributed by atoms with E-state index in [-0.39, 0.29) is 4.90 Å². The summed E-state index contributed by atoms with van der Waals surface area (Å²) in [4.78, 5) is 7.11. The third-order valence-electron chi connectivity index (χ3n) is 3.68. The Hall–Kier alpha value is -2.96. The fourth-order valence-corrected chi connectivity index (χ4v) is 3.15. The highest BCUT2D eigenvalue weighted by atomic mass is 32.2. The van der Waals surface area contributed by atoms with Gasteiger partial charge in [-0.3, -0.25) is 5.43 Å². The number of hydrogen-bond acceptors (Lipinski definition) is 3. The summed E-state index contributed by atoms with van der Waals surface area (Å²) < 4.78 is 24.9. The van der Waals surface area contributed by atoms with Gasteiger partial charge in [-0.05, 0) is 31.2 Å². The summed E-state index contributed by atoms with van der Waals surface area (Å²) in [7, 11) is -3.71. The normalized spacial score (nSPS) is 12.0. The Morgan fingerprint density at radius 3 is 2.00 bits per heavy atom. The van der Waals surface area contributed by atoms with Crippen LogP contribution in [0.3, 0.4) is 0 Å². The number of hydrogen-bond donors (Lipinski definition) is 2. The van der Waals surface area contributed by atoms with Crippen molar-refractivity contribution in [2.75, 3.05) is 0 Å². The third-order valence-corrected chi connectivity index (χ3v) is 4.94. The zero-order chi connectivity index (χ0) is 18.4. The number of amidine groups is 1. The summed E-state index contributed by atoms with van der Waals surface area (Å²) in [5.41, 5.74) is 5.35. The van der Waals surface area contributed by atoms with Crippen LogP contribution in [0.25, 0.3) is 0 Å². The highest BCUT2D eigenvalue weighted by molar-refractivity contribution is 7.89. The Balaban J connectivity index is 1.89. The van der Waals surface area contributed by atoms with Crippen LogP contribution in [0.4, 0.5) is 5.69 Å². The average molecular weight is 365 g/mol. The molecule has 0 saturated heterocycles. The molecule has 0 heterocycles. The van der Waals surface area contributed by atoms with E-state index in [1.165, 1.54) is 12.1 Å². The Bertz CT molecular complexity index is 984. The van der Waals surface area contributed by atoms with Gasteiger partial charge in [0.25, 0.3) is 10.0 Å². The van der Waals surface area contributed by atoms with E-state index < -0.39 is 10.0 Å². The second-order valence-electron chi connectivity index (χ2n) is 5.71. The summed E-state index contributed by atoms with van der Waals surface area (Å²) in [6.45, 7) is 1.99. The van der Waals surface area contributed by atoms with Gasteiger partial charge in [0, 0.05) is 5.56 Å². The molecule has 2 N–H and O–H groups in total. The summed E-state index contributed by atoms with van der Waals surface area (Å²) >= 11 is 0. The molecule has 0 amide bonds. The van der Waals surface area contributed by atoms with Crippen molar-refractivity contribution in [3.63, 3.8) is 0 Å². The SMILES string of the molecule is Cc1ccc(C(=Nc2ccccc2)NNS(=O)(=O)c2ccccc2)cc1.